The van der Waals surface area contributed by atoms with Crippen LogP contribution in [0.25, 0.3) is 11.4 Å². The summed E-state index contributed by atoms with van der Waals surface area (Å²) in [5, 5.41) is 13.1. The SMILES string of the molecule is O=C(NC1CCC(C(=O)NCCc2nc(-c3cccnc3)n[nH]2)CC1)c1ccco1. The van der Waals surface area contributed by atoms with Gasteiger partial charge in [0.1, 0.15) is 5.82 Å². The first-order valence-electron chi connectivity index (χ1n) is 10.1. The van der Waals surface area contributed by atoms with Crippen molar-refractivity contribution in [2.45, 2.75) is 38.1 Å². The normalized spacial score (nSPS) is 18.7. The number of rotatable bonds is 7. The summed E-state index contributed by atoms with van der Waals surface area (Å²) in [6, 6.07) is 7.14. The van der Waals surface area contributed by atoms with Gasteiger partial charge in [-0.15, -0.1) is 0 Å². The molecule has 9 heteroatoms. The van der Waals surface area contributed by atoms with E-state index < -0.39 is 0 Å². The van der Waals surface area contributed by atoms with Gasteiger partial charge in [0.2, 0.25) is 5.91 Å². The summed E-state index contributed by atoms with van der Waals surface area (Å²) in [5.41, 5.74) is 0.847. The van der Waals surface area contributed by atoms with E-state index in [2.05, 4.69) is 30.8 Å². The minimum Gasteiger partial charge on any atom is -0.459 e. The van der Waals surface area contributed by atoms with Crippen LogP contribution in [-0.2, 0) is 11.2 Å². The Kier molecular flexibility index (Phi) is 6.17. The van der Waals surface area contributed by atoms with E-state index in [1.54, 1.807) is 24.5 Å². The highest BCUT2D eigenvalue weighted by Crippen LogP contribution is 2.24. The monoisotopic (exact) mass is 408 g/mol. The smallest absolute Gasteiger partial charge is 0.287 e. The molecular formula is C21H24N6O3. The molecule has 0 spiro atoms. The van der Waals surface area contributed by atoms with Crippen LogP contribution >= 0.6 is 0 Å². The Bertz CT molecular complexity index is 962. The molecule has 1 aliphatic carbocycles. The lowest BCUT2D eigenvalue weighted by atomic mass is 9.85. The predicted molar refractivity (Wildman–Crippen MR) is 108 cm³/mol. The summed E-state index contributed by atoms with van der Waals surface area (Å²) in [6.07, 6.45) is 8.53. The zero-order valence-corrected chi connectivity index (χ0v) is 16.5. The molecule has 0 aliphatic heterocycles. The average molecular weight is 408 g/mol. The third-order valence-corrected chi connectivity index (χ3v) is 5.29. The van der Waals surface area contributed by atoms with Crippen LogP contribution in [0.4, 0.5) is 0 Å². The molecule has 1 aliphatic rings. The van der Waals surface area contributed by atoms with Crippen molar-refractivity contribution in [2.24, 2.45) is 5.92 Å². The summed E-state index contributed by atoms with van der Waals surface area (Å²) < 4.78 is 5.11. The Balaban J connectivity index is 1.18. The average Bonchev–Trinajstić information content (AvgIpc) is 3.47. The predicted octanol–water partition coefficient (Wildman–Crippen LogP) is 2.11. The molecule has 3 N–H and O–H groups in total. The topological polar surface area (TPSA) is 126 Å². The van der Waals surface area contributed by atoms with Crippen LogP contribution in [0.1, 0.15) is 42.1 Å². The number of H-pyrrole nitrogens is 1. The molecule has 9 nitrogen and oxygen atoms in total. The molecule has 3 aromatic heterocycles. The molecule has 0 atom stereocenters. The largest absolute Gasteiger partial charge is 0.459 e. The standard InChI is InChI=1S/C21H24N6O3/c28-20(14-5-7-16(8-6-14)24-21(29)17-4-2-12-30-17)23-11-9-18-25-19(27-26-18)15-3-1-10-22-13-15/h1-4,10,12-14,16H,5-9,11H2,(H,23,28)(H,24,29)(H,25,26,27). The molecule has 0 aromatic carbocycles. The number of pyridine rings is 1. The van der Waals surface area contributed by atoms with Crippen LogP contribution in [0.5, 0.6) is 0 Å². The zero-order valence-electron chi connectivity index (χ0n) is 16.5. The first-order chi connectivity index (χ1) is 14.7. The first-order valence-corrected chi connectivity index (χ1v) is 10.1. The molecule has 0 unspecified atom stereocenters. The fraction of sp³-hybridized carbons (Fsp3) is 0.381. The van der Waals surface area contributed by atoms with E-state index in [-0.39, 0.29) is 23.8 Å². The lowest BCUT2D eigenvalue weighted by Crippen LogP contribution is -2.41. The Hall–Kier alpha value is -3.49. The van der Waals surface area contributed by atoms with Crippen molar-refractivity contribution < 1.29 is 14.0 Å². The summed E-state index contributed by atoms with van der Waals surface area (Å²) in [4.78, 5) is 33.0. The fourth-order valence-electron chi connectivity index (χ4n) is 3.64. The molecule has 1 saturated carbocycles. The van der Waals surface area contributed by atoms with E-state index in [1.165, 1.54) is 6.26 Å². The van der Waals surface area contributed by atoms with Gasteiger partial charge in [-0.3, -0.25) is 19.7 Å². The van der Waals surface area contributed by atoms with Gasteiger partial charge >= 0.3 is 0 Å². The van der Waals surface area contributed by atoms with Crippen molar-refractivity contribution in [3.8, 4) is 11.4 Å². The number of carbonyl (C=O) groups excluding carboxylic acids is 2. The number of nitrogens with zero attached hydrogens (tertiary/aromatic N) is 3. The van der Waals surface area contributed by atoms with Crippen molar-refractivity contribution in [2.75, 3.05) is 6.54 Å². The Morgan fingerprint density at radius 2 is 2.03 bits per heavy atom. The lowest BCUT2D eigenvalue weighted by molar-refractivity contribution is -0.126. The van der Waals surface area contributed by atoms with E-state index in [0.717, 1.165) is 37.1 Å². The van der Waals surface area contributed by atoms with Crippen molar-refractivity contribution in [3.05, 3.63) is 54.5 Å². The van der Waals surface area contributed by atoms with Crippen LogP contribution in [0, 0.1) is 5.92 Å². The van der Waals surface area contributed by atoms with Gasteiger partial charge in [0.25, 0.3) is 5.91 Å². The van der Waals surface area contributed by atoms with Gasteiger partial charge in [-0.1, -0.05) is 0 Å². The quantitative estimate of drug-likeness (QED) is 0.550. The van der Waals surface area contributed by atoms with Gasteiger partial charge in [0.15, 0.2) is 11.6 Å². The molecular weight excluding hydrogens is 384 g/mol. The molecule has 3 aromatic rings. The minimum absolute atomic E-state index is 0.0255. The maximum Gasteiger partial charge on any atom is 0.287 e. The second-order valence-corrected chi connectivity index (χ2v) is 7.39. The third-order valence-electron chi connectivity index (χ3n) is 5.29. The summed E-state index contributed by atoms with van der Waals surface area (Å²) in [6.45, 7) is 0.496. The molecule has 1 fully saturated rings. The van der Waals surface area contributed by atoms with Crippen molar-refractivity contribution in [3.63, 3.8) is 0 Å². The van der Waals surface area contributed by atoms with Gasteiger partial charge in [-0.25, -0.2) is 4.98 Å². The van der Waals surface area contributed by atoms with Crippen LogP contribution < -0.4 is 10.6 Å². The van der Waals surface area contributed by atoms with Crippen molar-refractivity contribution in [1.29, 1.82) is 0 Å². The number of aromatic nitrogens is 4. The van der Waals surface area contributed by atoms with Crippen LogP contribution in [0.15, 0.2) is 47.3 Å². The maximum atomic E-state index is 12.5. The molecule has 2 amide bonds. The number of hydrogen-bond donors (Lipinski definition) is 3. The number of nitrogens with one attached hydrogen (secondary N) is 3. The number of amides is 2. The maximum absolute atomic E-state index is 12.5. The number of furan rings is 1. The van der Waals surface area contributed by atoms with Crippen molar-refractivity contribution >= 4 is 11.8 Å². The highest BCUT2D eigenvalue weighted by molar-refractivity contribution is 5.91. The molecule has 3 heterocycles. The Labute approximate surface area is 173 Å². The van der Waals surface area contributed by atoms with Gasteiger partial charge in [-0.2, -0.15) is 5.10 Å². The highest BCUT2D eigenvalue weighted by atomic mass is 16.3. The Morgan fingerprint density at radius 1 is 1.17 bits per heavy atom. The molecule has 156 valence electrons. The van der Waals surface area contributed by atoms with Crippen LogP contribution in [0.3, 0.4) is 0 Å². The zero-order chi connectivity index (χ0) is 20.8. The van der Waals surface area contributed by atoms with Crippen molar-refractivity contribution in [1.82, 2.24) is 30.8 Å². The van der Waals surface area contributed by atoms with Gasteiger partial charge in [-0.05, 0) is 49.9 Å². The first kappa shape index (κ1) is 19.8. The van der Waals surface area contributed by atoms with Gasteiger partial charge in [0, 0.05) is 42.9 Å². The van der Waals surface area contributed by atoms with Crippen LogP contribution in [0.2, 0.25) is 0 Å². The second-order valence-electron chi connectivity index (χ2n) is 7.39. The summed E-state index contributed by atoms with van der Waals surface area (Å²) >= 11 is 0. The molecule has 0 bridgehead atoms. The second kappa shape index (κ2) is 9.34. The fourth-order valence-corrected chi connectivity index (χ4v) is 3.64. The summed E-state index contributed by atoms with van der Waals surface area (Å²) in [7, 11) is 0. The number of aromatic amines is 1. The molecule has 4 rings (SSSR count). The molecule has 30 heavy (non-hydrogen) atoms. The van der Waals surface area contributed by atoms with E-state index in [9.17, 15) is 9.59 Å². The minimum atomic E-state index is -0.203. The van der Waals surface area contributed by atoms with E-state index in [1.807, 2.05) is 12.1 Å². The molecule has 0 saturated heterocycles. The number of hydrogen-bond acceptors (Lipinski definition) is 6. The molecule has 0 radical (unpaired) electrons. The Morgan fingerprint density at radius 3 is 2.77 bits per heavy atom. The van der Waals surface area contributed by atoms with Gasteiger partial charge < -0.3 is 15.1 Å². The lowest BCUT2D eigenvalue weighted by Gasteiger charge is -2.28. The van der Waals surface area contributed by atoms with Gasteiger partial charge in [0.05, 0.1) is 6.26 Å². The highest BCUT2D eigenvalue weighted by Gasteiger charge is 2.27. The third kappa shape index (κ3) is 4.91. The number of carbonyl (C=O) groups is 2. The van der Waals surface area contributed by atoms with Crippen LogP contribution in [-0.4, -0.2) is 44.6 Å². The summed E-state index contributed by atoms with van der Waals surface area (Å²) in [5.74, 6) is 1.46. The van der Waals surface area contributed by atoms with E-state index in [4.69, 9.17) is 4.42 Å². The van der Waals surface area contributed by atoms with E-state index >= 15 is 0 Å². The van der Waals surface area contributed by atoms with E-state index in [0.29, 0.717) is 24.6 Å².